The maximum Gasteiger partial charge on any atom is 0.338 e. The molecule has 0 amide bonds. The number of rotatable bonds is 3. The van der Waals surface area contributed by atoms with Crippen molar-refractivity contribution in [2.75, 3.05) is 19.7 Å². The number of nitrogens with zero attached hydrogens (tertiary/aromatic N) is 1. The van der Waals surface area contributed by atoms with E-state index in [2.05, 4.69) is 0 Å². The summed E-state index contributed by atoms with van der Waals surface area (Å²) in [6.45, 7) is 2.16. The van der Waals surface area contributed by atoms with E-state index < -0.39 is 32.3 Å². The smallest absolute Gasteiger partial charge is 0.338 e. The Morgan fingerprint density at radius 3 is 2.80 bits per heavy atom. The number of carbonyl (C=O) groups is 1. The van der Waals surface area contributed by atoms with Gasteiger partial charge < -0.3 is 9.84 Å². The van der Waals surface area contributed by atoms with Crippen molar-refractivity contribution in [3.8, 4) is 0 Å². The van der Waals surface area contributed by atoms with Crippen molar-refractivity contribution < 1.29 is 27.4 Å². The van der Waals surface area contributed by atoms with Crippen LogP contribution < -0.4 is 0 Å². The van der Waals surface area contributed by atoms with Crippen LogP contribution in [0.1, 0.15) is 17.3 Å². The van der Waals surface area contributed by atoms with Crippen LogP contribution in [0.15, 0.2) is 23.1 Å². The third kappa shape index (κ3) is 2.67. The number of carboxylic acid groups (broad SMARTS) is 1. The van der Waals surface area contributed by atoms with Gasteiger partial charge in [-0.05, 0) is 19.1 Å². The van der Waals surface area contributed by atoms with Gasteiger partial charge in [0, 0.05) is 13.1 Å². The normalized spacial score (nSPS) is 20.8. The number of hydrogen-bond donors (Lipinski definition) is 1. The maximum atomic E-state index is 14.1. The van der Waals surface area contributed by atoms with Gasteiger partial charge in [0.1, 0.15) is 4.90 Å². The fourth-order valence-corrected chi connectivity index (χ4v) is 3.61. The van der Waals surface area contributed by atoms with Crippen LogP contribution >= 0.6 is 0 Å². The zero-order valence-electron chi connectivity index (χ0n) is 10.7. The van der Waals surface area contributed by atoms with Gasteiger partial charge >= 0.3 is 5.97 Å². The molecule has 8 heteroatoms. The first-order chi connectivity index (χ1) is 9.34. The second-order valence-electron chi connectivity index (χ2n) is 4.47. The molecule has 0 aliphatic carbocycles. The van der Waals surface area contributed by atoms with Crippen molar-refractivity contribution in [3.63, 3.8) is 0 Å². The Bertz CT molecular complexity index is 631. The van der Waals surface area contributed by atoms with Gasteiger partial charge in [-0.15, -0.1) is 0 Å². The van der Waals surface area contributed by atoms with E-state index in [1.807, 2.05) is 0 Å². The first-order valence-corrected chi connectivity index (χ1v) is 7.41. The van der Waals surface area contributed by atoms with E-state index in [-0.39, 0.29) is 25.8 Å². The summed E-state index contributed by atoms with van der Waals surface area (Å²) in [4.78, 5) is 10.2. The molecule has 2 rings (SSSR count). The zero-order valence-corrected chi connectivity index (χ0v) is 11.6. The van der Waals surface area contributed by atoms with Crippen molar-refractivity contribution in [2.24, 2.45) is 0 Å². The van der Waals surface area contributed by atoms with Gasteiger partial charge in [-0.25, -0.2) is 17.6 Å². The van der Waals surface area contributed by atoms with Gasteiger partial charge in [0.05, 0.1) is 18.3 Å². The van der Waals surface area contributed by atoms with Crippen molar-refractivity contribution in [1.29, 1.82) is 0 Å². The van der Waals surface area contributed by atoms with E-state index in [1.165, 1.54) is 6.07 Å². The third-order valence-corrected chi connectivity index (χ3v) is 4.90. The summed E-state index contributed by atoms with van der Waals surface area (Å²) in [5.74, 6) is -2.74. The molecule has 0 bridgehead atoms. The molecule has 1 heterocycles. The van der Waals surface area contributed by atoms with Gasteiger partial charge in [-0.1, -0.05) is 6.07 Å². The van der Waals surface area contributed by atoms with E-state index in [0.717, 1.165) is 16.4 Å². The monoisotopic (exact) mass is 303 g/mol. The summed E-state index contributed by atoms with van der Waals surface area (Å²) in [5.41, 5.74) is -0.660. The van der Waals surface area contributed by atoms with Gasteiger partial charge in [-0.2, -0.15) is 4.31 Å². The van der Waals surface area contributed by atoms with E-state index in [4.69, 9.17) is 9.84 Å². The summed E-state index contributed by atoms with van der Waals surface area (Å²) in [5, 5.41) is 8.84. The molecular formula is C12H14FNO5S. The largest absolute Gasteiger partial charge is 0.478 e. The molecule has 1 N–H and O–H groups in total. The fourth-order valence-electron chi connectivity index (χ4n) is 2.02. The molecule has 1 aliphatic heterocycles. The number of ether oxygens (including phenoxy) is 1. The first kappa shape index (κ1) is 14.9. The lowest BCUT2D eigenvalue weighted by Crippen LogP contribution is -2.44. The second kappa shape index (κ2) is 5.47. The molecule has 1 unspecified atom stereocenters. The van der Waals surface area contributed by atoms with Crippen molar-refractivity contribution >= 4 is 16.0 Å². The van der Waals surface area contributed by atoms with Crippen LogP contribution in [-0.2, 0) is 14.8 Å². The Morgan fingerprint density at radius 2 is 2.20 bits per heavy atom. The lowest BCUT2D eigenvalue weighted by molar-refractivity contribution is 0.0101. The molecule has 110 valence electrons. The molecule has 0 aromatic heterocycles. The average molecular weight is 303 g/mol. The number of morpholine rings is 1. The van der Waals surface area contributed by atoms with Crippen LogP contribution in [-0.4, -0.2) is 49.6 Å². The minimum absolute atomic E-state index is 0.110. The summed E-state index contributed by atoms with van der Waals surface area (Å²) in [7, 11) is -4.07. The molecule has 1 saturated heterocycles. The summed E-state index contributed by atoms with van der Waals surface area (Å²) >= 11 is 0. The predicted molar refractivity (Wildman–Crippen MR) is 67.5 cm³/mol. The molecule has 0 spiro atoms. The molecule has 1 atom stereocenters. The third-order valence-electron chi connectivity index (χ3n) is 3.02. The molecule has 0 radical (unpaired) electrons. The van der Waals surface area contributed by atoms with E-state index >= 15 is 0 Å². The highest BCUT2D eigenvalue weighted by Gasteiger charge is 2.32. The van der Waals surface area contributed by atoms with Crippen molar-refractivity contribution in [2.45, 2.75) is 17.9 Å². The SMILES string of the molecule is CC1CN(S(=O)(=O)c2cccc(C(=O)O)c2F)CCO1. The average Bonchev–Trinajstić information content (AvgIpc) is 2.38. The molecule has 1 aromatic rings. The Hall–Kier alpha value is -1.51. The highest BCUT2D eigenvalue weighted by atomic mass is 32.2. The summed E-state index contributed by atoms with van der Waals surface area (Å²) in [6.07, 6.45) is -0.288. The minimum Gasteiger partial charge on any atom is -0.478 e. The van der Waals surface area contributed by atoms with Crippen LogP contribution in [0.2, 0.25) is 0 Å². The van der Waals surface area contributed by atoms with Crippen LogP contribution in [0.25, 0.3) is 0 Å². The highest BCUT2D eigenvalue weighted by molar-refractivity contribution is 7.89. The van der Waals surface area contributed by atoms with E-state index in [9.17, 15) is 17.6 Å². The predicted octanol–water partition coefficient (Wildman–Crippen LogP) is 0.933. The number of sulfonamides is 1. The Kier molecular flexibility index (Phi) is 4.07. The molecular weight excluding hydrogens is 289 g/mol. The highest BCUT2D eigenvalue weighted by Crippen LogP contribution is 2.23. The zero-order chi connectivity index (χ0) is 14.9. The summed E-state index contributed by atoms with van der Waals surface area (Å²) in [6, 6.07) is 3.30. The molecule has 20 heavy (non-hydrogen) atoms. The number of halogens is 1. The molecule has 1 aliphatic rings. The fraction of sp³-hybridized carbons (Fsp3) is 0.417. The Morgan fingerprint density at radius 1 is 1.50 bits per heavy atom. The van der Waals surface area contributed by atoms with Crippen LogP contribution in [0.3, 0.4) is 0 Å². The Labute approximate surface area is 115 Å². The molecule has 0 saturated carbocycles. The second-order valence-corrected chi connectivity index (χ2v) is 6.37. The van der Waals surface area contributed by atoms with Crippen LogP contribution in [0.4, 0.5) is 4.39 Å². The van der Waals surface area contributed by atoms with Crippen molar-refractivity contribution in [3.05, 3.63) is 29.6 Å². The van der Waals surface area contributed by atoms with Gasteiger partial charge in [0.2, 0.25) is 10.0 Å². The number of hydrogen-bond acceptors (Lipinski definition) is 4. The molecule has 1 fully saturated rings. The standard InChI is InChI=1S/C12H14FNO5S/c1-8-7-14(5-6-19-8)20(17,18)10-4-2-3-9(11(10)13)12(15)16/h2-4,8H,5-7H2,1H3,(H,15,16). The van der Waals surface area contributed by atoms with Gasteiger partial charge in [0.25, 0.3) is 0 Å². The van der Waals surface area contributed by atoms with Gasteiger partial charge in [0.15, 0.2) is 5.82 Å². The van der Waals surface area contributed by atoms with Crippen molar-refractivity contribution in [1.82, 2.24) is 4.31 Å². The quantitative estimate of drug-likeness (QED) is 0.898. The minimum atomic E-state index is -4.07. The maximum absolute atomic E-state index is 14.1. The lowest BCUT2D eigenvalue weighted by atomic mass is 10.2. The number of benzene rings is 1. The van der Waals surface area contributed by atoms with Crippen LogP contribution in [0.5, 0.6) is 0 Å². The summed E-state index contributed by atoms with van der Waals surface area (Å²) < 4.78 is 45.1. The lowest BCUT2D eigenvalue weighted by Gasteiger charge is -2.30. The molecule has 1 aromatic carbocycles. The van der Waals surface area contributed by atoms with Crippen LogP contribution in [0, 0.1) is 5.82 Å². The Balaban J connectivity index is 2.44. The van der Waals surface area contributed by atoms with E-state index in [0.29, 0.717) is 0 Å². The number of aromatic carboxylic acids is 1. The molecule has 6 nitrogen and oxygen atoms in total. The first-order valence-electron chi connectivity index (χ1n) is 5.97. The van der Waals surface area contributed by atoms with Gasteiger partial charge in [-0.3, -0.25) is 0 Å². The number of carboxylic acids is 1. The van der Waals surface area contributed by atoms with E-state index in [1.54, 1.807) is 6.92 Å². The topological polar surface area (TPSA) is 83.9 Å².